The number of imide groups is 1. The maximum atomic E-state index is 13.3. The quantitative estimate of drug-likeness (QED) is 0.764. The number of nitrogens with zero attached hydrogens (tertiary/aromatic N) is 1. The third-order valence-electron chi connectivity index (χ3n) is 3.80. The van der Waals surface area contributed by atoms with Crippen molar-refractivity contribution < 1.29 is 18.8 Å². The normalized spacial score (nSPS) is 15.5. The van der Waals surface area contributed by atoms with Gasteiger partial charge >= 0.3 is 0 Å². The van der Waals surface area contributed by atoms with Gasteiger partial charge in [-0.1, -0.05) is 29.8 Å². The summed E-state index contributed by atoms with van der Waals surface area (Å²) in [5.41, 5.74) is 1.77. The summed E-state index contributed by atoms with van der Waals surface area (Å²) in [6.45, 7) is 1.38. The highest BCUT2D eigenvalue weighted by molar-refractivity contribution is 8.18. The molecule has 3 rings (SSSR count). The topological polar surface area (TPSA) is 66.5 Å². The fourth-order valence-electron chi connectivity index (χ4n) is 2.45. The number of carbonyl (C=O) groups excluding carboxylic acids is 3. The van der Waals surface area contributed by atoms with Gasteiger partial charge in [-0.25, -0.2) is 4.39 Å². The van der Waals surface area contributed by atoms with Gasteiger partial charge in [-0.3, -0.25) is 19.3 Å². The second-order valence-corrected chi connectivity index (χ2v) is 7.26. The number of benzene rings is 2. The fourth-order valence-corrected chi connectivity index (χ4v) is 3.46. The minimum absolute atomic E-state index is 0.136. The van der Waals surface area contributed by atoms with Crippen molar-refractivity contribution >= 4 is 52.2 Å². The minimum Gasteiger partial charge on any atom is -0.324 e. The molecule has 1 fully saturated rings. The number of rotatable bonds is 4. The van der Waals surface area contributed by atoms with Crippen LogP contribution in [0.15, 0.2) is 47.4 Å². The Balaban J connectivity index is 1.72. The van der Waals surface area contributed by atoms with Gasteiger partial charge in [0, 0.05) is 10.7 Å². The molecule has 0 saturated carbocycles. The van der Waals surface area contributed by atoms with E-state index in [0.29, 0.717) is 28.0 Å². The molecule has 0 unspecified atom stereocenters. The van der Waals surface area contributed by atoms with Crippen LogP contribution < -0.4 is 5.32 Å². The molecule has 0 radical (unpaired) electrons. The molecule has 3 amide bonds. The monoisotopic (exact) mass is 404 g/mol. The molecule has 138 valence electrons. The predicted molar refractivity (Wildman–Crippen MR) is 104 cm³/mol. The van der Waals surface area contributed by atoms with Gasteiger partial charge in [-0.2, -0.15) is 0 Å². The van der Waals surface area contributed by atoms with E-state index in [-0.39, 0.29) is 4.91 Å². The van der Waals surface area contributed by atoms with Gasteiger partial charge in [0.25, 0.3) is 11.1 Å². The van der Waals surface area contributed by atoms with Crippen molar-refractivity contribution in [1.82, 2.24) is 4.90 Å². The van der Waals surface area contributed by atoms with E-state index in [1.54, 1.807) is 31.2 Å². The summed E-state index contributed by atoms with van der Waals surface area (Å²) in [5, 5.41) is 2.55. The van der Waals surface area contributed by atoms with E-state index in [9.17, 15) is 18.8 Å². The molecule has 0 aromatic heterocycles. The van der Waals surface area contributed by atoms with Crippen LogP contribution >= 0.6 is 23.4 Å². The lowest BCUT2D eigenvalue weighted by Crippen LogP contribution is -2.36. The van der Waals surface area contributed by atoms with Crippen LogP contribution in [0.5, 0.6) is 0 Å². The van der Waals surface area contributed by atoms with Crippen LogP contribution in [0.3, 0.4) is 0 Å². The van der Waals surface area contributed by atoms with Gasteiger partial charge in [-0.05, 0) is 60.2 Å². The van der Waals surface area contributed by atoms with Crippen molar-refractivity contribution in [2.45, 2.75) is 6.92 Å². The highest BCUT2D eigenvalue weighted by Crippen LogP contribution is 2.32. The van der Waals surface area contributed by atoms with E-state index >= 15 is 0 Å². The number of nitrogens with one attached hydrogen (secondary N) is 1. The number of thioether (sulfide) groups is 1. The standard InChI is InChI=1S/C19H14ClFN2O3S/c1-11-5-6-13(20)9-15(11)22-17(24)10-23-18(25)16(27-19(23)26)8-12-3-2-4-14(21)7-12/h2-9H,10H2,1H3,(H,22,24)/b16-8+. The van der Waals surface area contributed by atoms with E-state index in [4.69, 9.17) is 11.6 Å². The summed E-state index contributed by atoms with van der Waals surface area (Å²) >= 11 is 6.63. The first kappa shape index (κ1) is 19.1. The Morgan fingerprint density at radius 1 is 1.26 bits per heavy atom. The largest absolute Gasteiger partial charge is 0.324 e. The van der Waals surface area contributed by atoms with E-state index in [1.165, 1.54) is 24.3 Å². The molecule has 1 aliphatic heterocycles. The first-order valence-corrected chi connectivity index (χ1v) is 9.10. The molecule has 0 bridgehead atoms. The van der Waals surface area contributed by atoms with Crippen LogP contribution in [0.2, 0.25) is 5.02 Å². The molecule has 1 saturated heterocycles. The fraction of sp³-hybridized carbons (Fsp3) is 0.105. The molecule has 2 aromatic carbocycles. The number of anilines is 1. The lowest BCUT2D eigenvalue weighted by Gasteiger charge is -2.13. The van der Waals surface area contributed by atoms with Gasteiger partial charge in [0.05, 0.1) is 4.91 Å². The molecule has 1 heterocycles. The van der Waals surface area contributed by atoms with E-state index in [1.807, 2.05) is 0 Å². The van der Waals surface area contributed by atoms with Crippen molar-refractivity contribution in [3.05, 3.63) is 69.3 Å². The Kier molecular flexibility index (Phi) is 5.62. The highest BCUT2D eigenvalue weighted by Gasteiger charge is 2.36. The van der Waals surface area contributed by atoms with Gasteiger partial charge in [0.1, 0.15) is 12.4 Å². The third kappa shape index (κ3) is 4.56. The van der Waals surface area contributed by atoms with Crippen LogP contribution in [0.4, 0.5) is 14.9 Å². The molecule has 1 N–H and O–H groups in total. The van der Waals surface area contributed by atoms with Crippen LogP contribution in [-0.2, 0) is 9.59 Å². The Hall–Kier alpha value is -2.64. The van der Waals surface area contributed by atoms with Crippen molar-refractivity contribution in [3.63, 3.8) is 0 Å². The minimum atomic E-state index is -0.591. The van der Waals surface area contributed by atoms with E-state index in [2.05, 4.69) is 5.32 Å². The first-order valence-electron chi connectivity index (χ1n) is 7.90. The summed E-state index contributed by atoms with van der Waals surface area (Å²) in [7, 11) is 0. The van der Waals surface area contributed by atoms with Crippen LogP contribution in [0.25, 0.3) is 6.08 Å². The lowest BCUT2D eigenvalue weighted by molar-refractivity contribution is -0.127. The maximum Gasteiger partial charge on any atom is 0.294 e. The highest BCUT2D eigenvalue weighted by atomic mass is 35.5. The number of halogens is 2. The number of amides is 3. The number of aryl methyl sites for hydroxylation is 1. The number of hydrogen-bond acceptors (Lipinski definition) is 4. The first-order chi connectivity index (χ1) is 12.8. The molecule has 1 aliphatic rings. The number of carbonyl (C=O) groups is 3. The van der Waals surface area contributed by atoms with Crippen LogP contribution in [-0.4, -0.2) is 28.5 Å². The van der Waals surface area contributed by atoms with Gasteiger partial charge in [0.15, 0.2) is 0 Å². The zero-order valence-corrected chi connectivity index (χ0v) is 15.7. The van der Waals surface area contributed by atoms with Crippen molar-refractivity contribution in [3.8, 4) is 0 Å². The molecule has 0 aliphatic carbocycles. The molecular weight excluding hydrogens is 391 g/mol. The second kappa shape index (κ2) is 7.94. The molecule has 0 atom stereocenters. The smallest absolute Gasteiger partial charge is 0.294 e. The van der Waals surface area contributed by atoms with Crippen molar-refractivity contribution in [1.29, 1.82) is 0 Å². The zero-order chi connectivity index (χ0) is 19.6. The Morgan fingerprint density at radius 2 is 2.04 bits per heavy atom. The average molecular weight is 405 g/mol. The Labute approximate surface area is 164 Å². The zero-order valence-electron chi connectivity index (χ0n) is 14.2. The van der Waals surface area contributed by atoms with Crippen molar-refractivity contribution in [2.24, 2.45) is 0 Å². The van der Waals surface area contributed by atoms with Crippen LogP contribution in [0, 0.1) is 12.7 Å². The molecule has 0 spiro atoms. The molecule has 8 heteroatoms. The van der Waals surface area contributed by atoms with Crippen molar-refractivity contribution in [2.75, 3.05) is 11.9 Å². The van der Waals surface area contributed by atoms with Gasteiger partial charge in [0.2, 0.25) is 5.91 Å². The summed E-state index contributed by atoms with van der Waals surface area (Å²) in [5.74, 6) is -1.55. The Bertz CT molecular complexity index is 977. The molecule has 5 nitrogen and oxygen atoms in total. The average Bonchev–Trinajstić information content (AvgIpc) is 2.86. The summed E-state index contributed by atoms with van der Waals surface area (Å²) in [6, 6.07) is 10.7. The summed E-state index contributed by atoms with van der Waals surface area (Å²) in [6.07, 6.45) is 1.42. The van der Waals surface area contributed by atoms with E-state index in [0.717, 1.165) is 10.5 Å². The van der Waals surface area contributed by atoms with E-state index < -0.39 is 29.4 Å². The lowest BCUT2D eigenvalue weighted by atomic mass is 10.2. The van der Waals surface area contributed by atoms with Gasteiger partial charge in [-0.15, -0.1) is 0 Å². The second-order valence-electron chi connectivity index (χ2n) is 5.83. The van der Waals surface area contributed by atoms with Crippen LogP contribution in [0.1, 0.15) is 11.1 Å². The molecule has 2 aromatic rings. The summed E-state index contributed by atoms with van der Waals surface area (Å²) in [4.78, 5) is 37.8. The number of hydrogen-bond donors (Lipinski definition) is 1. The molecule has 27 heavy (non-hydrogen) atoms. The third-order valence-corrected chi connectivity index (χ3v) is 4.94. The summed E-state index contributed by atoms with van der Waals surface area (Å²) < 4.78 is 13.3. The Morgan fingerprint density at radius 3 is 2.78 bits per heavy atom. The maximum absolute atomic E-state index is 13.3. The predicted octanol–water partition coefficient (Wildman–Crippen LogP) is 4.46. The molecular formula is C19H14ClFN2O3S. The SMILES string of the molecule is Cc1ccc(Cl)cc1NC(=O)CN1C(=O)S/C(=C/c2cccc(F)c2)C1=O. The van der Waals surface area contributed by atoms with Gasteiger partial charge < -0.3 is 5.32 Å².